The van der Waals surface area contributed by atoms with E-state index in [0.717, 1.165) is 25.3 Å². The molecular weight excluding hydrogens is 190 g/mol. The van der Waals surface area contributed by atoms with Crippen LogP contribution in [0.4, 0.5) is 0 Å². The van der Waals surface area contributed by atoms with Crippen molar-refractivity contribution in [3.8, 4) is 0 Å². The Morgan fingerprint density at radius 3 is 2.80 bits per heavy atom. The highest BCUT2D eigenvalue weighted by Crippen LogP contribution is 1.97. The zero-order valence-corrected chi connectivity index (χ0v) is 8.39. The van der Waals surface area contributed by atoms with Crippen LogP contribution in [0.1, 0.15) is 11.4 Å². The second-order valence-corrected chi connectivity index (χ2v) is 3.26. The molecule has 2 aromatic rings. The molecule has 78 valence electrons. The molecule has 0 aliphatic rings. The van der Waals surface area contributed by atoms with Crippen LogP contribution in [0.15, 0.2) is 41.2 Å². The second kappa shape index (κ2) is 5.26. The van der Waals surface area contributed by atoms with E-state index in [1.54, 1.807) is 0 Å². The summed E-state index contributed by atoms with van der Waals surface area (Å²) < 4.78 is 4.64. The van der Waals surface area contributed by atoms with Crippen molar-refractivity contribution in [1.82, 2.24) is 15.5 Å². The minimum Gasteiger partial charge on any atom is -0.343 e. The molecule has 0 saturated heterocycles. The van der Waals surface area contributed by atoms with E-state index < -0.39 is 0 Å². The van der Waals surface area contributed by atoms with Crippen molar-refractivity contribution in [2.24, 2.45) is 0 Å². The largest absolute Gasteiger partial charge is 0.343 e. The molecule has 15 heavy (non-hydrogen) atoms. The molecule has 0 saturated carbocycles. The summed E-state index contributed by atoms with van der Waals surface area (Å²) in [6, 6.07) is 10.3. The molecule has 0 aliphatic carbocycles. The minimum absolute atomic E-state index is 0.746. The van der Waals surface area contributed by atoms with Crippen molar-refractivity contribution in [1.29, 1.82) is 0 Å². The average molecular weight is 203 g/mol. The molecule has 4 heteroatoms. The Hall–Kier alpha value is -1.68. The molecule has 1 aromatic heterocycles. The molecule has 1 N–H and O–H groups in total. The van der Waals surface area contributed by atoms with E-state index in [1.165, 1.54) is 12.0 Å². The summed E-state index contributed by atoms with van der Waals surface area (Å²) >= 11 is 0. The Labute approximate surface area is 88.3 Å². The molecular formula is C11H13N3O. The van der Waals surface area contributed by atoms with Gasteiger partial charge in [-0.05, 0) is 5.56 Å². The SMILES string of the molecule is c1ccc(CNCCc2ncon2)cc1. The van der Waals surface area contributed by atoms with Gasteiger partial charge in [-0.3, -0.25) is 0 Å². The molecule has 0 radical (unpaired) electrons. The van der Waals surface area contributed by atoms with Gasteiger partial charge in [0.25, 0.3) is 0 Å². The lowest BCUT2D eigenvalue weighted by Gasteiger charge is -2.02. The maximum Gasteiger partial charge on any atom is 0.213 e. The van der Waals surface area contributed by atoms with Gasteiger partial charge in [0.1, 0.15) is 0 Å². The highest BCUT2D eigenvalue weighted by Gasteiger charge is 1.97. The van der Waals surface area contributed by atoms with E-state index in [1.807, 2.05) is 18.2 Å². The molecule has 0 fully saturated rings. The Kier molecular flexibility index (Phi) is 3.46. The Morgan fingerprint density at radius 2 is 2.07 bits per heavy atom. The third-order valence-electron chi connectivity index (χ3n) is 2.10. The lowest BCUT2D eigenvalue weighted by atomic mass is 10.2. The van der Waals surface area contributed by atoms with Crippen LogP contribution in [0, 0.1) is 0 Å². The van der Waals surface area contributed by atoms with Crippen LogP contribution in [-0.4, -0.2) is 16.7 Å². The summed E-state index contributed by atoms with van der Waals surface area (Å²) in [4.78, 5) is 3.94. The van der Waals surface area contributed by atoms with Gasteiger partial charge in [-0.1, -0.05) is 35.5 Å². The van der Waals surface area contributed by atoms with Crippen molar-refractivity contribution in [3.63, 3.8) is 0 Å². The van der Waals surface area contributed by atoms with E-state index in [0.29, 0.717) is 0 Å². The van der Waals surface area contributed by atoms with Crippen molar-refractivity contribution in [3.05, 3.63) is 48.1 Å². The summed E-state index contributed by atoms with van der Waals surface area (Å²) in [5, 5.41) is 7.05. The van der Waals surface area contributed by atoms with Crippen LogP contribution in [0.25, 0.3) is 0 Å². The second-order valence-electron chi connectivity index (χ2n) is 3.26. The number of nitrogens with zero attached hydrogens (tertiary/aromatic N) is 2. The fourth-order valence-electron chi connectivity index (χ4n) is 1.33. The maximum atomic E-state index is 4.64. The first-order valence-corrected chi connectivity index (χ1v) is 4.95. The van der Waals surface area contributed by atoms with Crippen LogP contribution in [0.2, 0.25) is 0 Å². The molecule has 1 aromatic carbocycles. The smallest absolute Gasteiger partial charge is 0.213 e. The lowest BCUT2D eigenvalue weighted by Crippen LogP contribution is -2.17. The number of nitrogens with one attached hydrogen (secondary N) is 1. The van der Waals surface area contributed by atoms with E-state index in [2.05, 4.69) is 32.1 Å². The van der Waals surface area contributed by atoms with Gasteiger partial charge in [0.2, 0.25) is 6.39 Å². The first kappa shape index (κ1) is 9.86. The predicted octanol–water partition coefficient (Wildman–Crippen LogP) is 1.40. The third-order valence-corrected chi connectivity index (χ3v) is 2.10. The van der Waals surface area contributed by atoms with Crippen molar-refractivity contribution in [2.45, 2.75) is 13.0 Å². The van der Waals surface area contributed by atoms with Gasteiger partial charge in [-0.2, -0.15) is 4.98 Å². The van der Waals surface area contributed by atoms with Gasteiger partial charge >= 0.3 is 0 Å². The van der Waals surface area contributed by atoms with Crippen LogP contribution >= 0.6 is 0 Å². The van der Waals surface area contributed by atoms with E-state index in [9.17, 15) is 0 Å². The summed E-state index contributed by atoms with van der Waals surface area (Å²) in [7, 11) is 0. The van der Waals surface area contributed by atoms with Gasteiger partial charge in [-0.15, -0.1) is 0 Å². The van der Waals surface area contributed by atoms with Crippen LogP contribution < -0.4 is 5.32 Å². The number of hydrogen-bond donors (Lipinski definition) is 1. The van der Waals surface area contributed by atoms with Crippen LogP contribution in [-0.2, 0) is 13.0 Å². The summed E-state index contributed by atoms with van der Waals surface area (Å²) in [6.07, 6.45) is 2.15. The molecule has 0 atom stereocenters. The maximum absolute atomic E-state index is 4.64. The average Bonchev–Trinajstić information content (AvgIpc) is 2.79. The molecule has 2 rings (SSSR count). The lowest BCUT2D eigenvalue weighted by molar-refractivity contribution is 0.409. The zero-order chi connectivity index (χ0) is 10.3. The number of aromatic nitrogens is 2. The summed E-state index contributed by atoms with van der Waals surface area (Å²) in [5.41, 5.74) is 1.28. The number of benzene rings is 1. The van der Waals surface area contributed by atoms with Crippen LogP contribution in [0.3, 0.4) is 0 Å². The molecule has 0 bridgehead atoms. The third kappa shape index (κ3) is 3.18. The molecule has 0 unspecified atom stereocenters. The Bertz CT molecular complexity index is 372. The van der Waals surface area contributed by atoms with Gasteiger partial charge in [0.15, 0.2) is 5.82 Å². The summed E-state index contributed by atoms with van der Waals surface area (Å²) in [5.74, 6) is 0.746. The number of rotatable bonds is 5. The molecule has 0 amide bonds. The van der Waals surface area contributed by atoms with E-state index in [-0.39, 0.29) is 0 Å². The predicted molar refractivity (Wildman–Crippen MR) is 56.2 cm³/mol. The normalized spacial score (nSPS) is 10.4. The highest BCUT2D eigenvalue weighted by atomic mass is 16.5. The van der Waals surface area contributed by atoms with Crippen molar-refractivity contribution >= 4 is 0 Å². The van der Waals surface area contributed by atoms with Gasteiger partial charge < -0.3 is 9.84 Å². The standard InChI is InChI=1S/C11H13N3O/c1-2-4-10(5-3-1)8-12-7-6-11-13-9-15-14-11/h1-5,9,12H,6-8H2. The number of hydrogen-bond acceptors (Lipinski definition) is 4. The van der Waals surface area contributed by atoms with E-state index in [4.69, 9.17) is 0 Å². The topological polar surface area (TPSA) is 51.0 Å². The van der Waals surface area contributed by atoms with Gasteiger partial charge in [-0.25, -0.2) is 0 Å². The van der Waals surface area contributed by atoms with Gasteiger partial charge in [0, 0.05) is 19.5 Å². The van der Waals surface area contributed by atoms with E-state index >= 15 is 0 Å². The quantitative estimate of drug-likeness (QED) is 0.746. The van der Waals surface area contributed by atoms with Crippen molar-refractivity contribution < 1.29 is 4.52 Å². The molecule has 0 spiro atoms. The fraction of sp³-hybridized carbons (Fsp3) is 0.273. The van der Waals surface area contributed by atoms with Gasteiger partial charge in [0.05, 0.1) is 0 Å². The summed E-state index contributed by atoms with van der Waals surface area (Å²) in [6.45, 7) is 1.73. The first-order chi connectivity index (χ1) is 7.45. The zero-order valence-electron chi connectivity index (χ0n) is 8.39. The van der Waals surface area contributed by atoms with Crippen molar-refractivity contribution in [2.75, 3.05) is 6.54 Å². The Balaban J connectivity index is 1.68. The molecule has 0 aliphatic heterocycles. The van der Waals surface area contributed by atoms with Crippen LogP contribution in [0.5, 0.6) is 0 Å². The first-order valence-electron chi connectivity index (χ1n) is 4.95. The minimum atomic E-state index is 0.746. The monoisotopic (exact) mass is 203 g/mol. The fourth-order valence-corrected chi connectivity index (χ4v) is 1.33. The highest BCUT2D eigenvalue weighted by molar-refractivity contribution is 5.14. The Morgan fingerprint density at radius 1 is 1.20 bits per heavy atom. The molecule has 4 nitrogen and oxygen atoms in total. The molecule has 1 heterocycles.